The van der Waals surface area contributed by atoms with E-state index in [0.717, 1.165) is 24.5 Å². The molecule has 2 aromatic rings. The molecule has 0 saturated heterocycles. The molecule has 0 radical (unpaired) electrons. The summed E-state index contributed by atoms with van der Waals surface area (Å²) < 4.78 is 8.51. The Hall–Kier alpha value is -1.62. The molecule has 0 saturated carbocycles. The number of hydrogen-bond donors (Lipinski definition) is 1. The summed E-state index contributed by atoms with van der Waals surface area (Å²) in [5.41, 5.74) is 1.27. The molecular formula is C12H13N3OS. The number of aromatic nitrogens is 3. The third-order valence-corrected chi connectivity index (χ3v) is 3.36. The predicted octanol–water partition coefficient (Wildman–Crippen LogP) is 2.25. The summed E-state index contributed by atoms with van der Waals surface area (Å²) in [6.45, 7) is 2.68. The lowest BCUT2D eigenvalue weighted by Crippen LogP contribution is -2.21. The van der Waals surface area contributed by atoms with E-state index in [4.69, 9.17) is 17.0 Å². The highest BCUT2D eigenvalue weighted by Gasteiger charge is 2.23. The Bertz CT molecular complexity index is 577. The molecule has 1 aliphatic heterocycles. The first kappa shape index (κ1) is 10.5. The minimum Gasteiger partial charge on any atom is -0.488 e. The van der Waals surface area contributed by atoms with Crippen molar-refractivity contribution in [2.75, 3.05) is 0 Å². The summed E-state index contributed by atoms with van der Waals surface area (Å²) in [5, 5.41) is 6.89. The topological polar surface area (TPSA) is 42.8 Å². The van der Waals surface area contributed by atoms with Crippen LogP contribution in [0.25, 0.3) is 0 Å². The molecule has 0 spiro atoms. The molecule has 2 heterocycles. The standard InChI is InChI=1S/C12H13N3OS/c1-8-13-14-12(17)15(8)7-10-6-9-4-2-3-5-11(9)16-10/h2-5,10H,6-7H2,1H3,(H,14,17). The number of ether oxygens (including phenoxy) is 1. The molecule has 1 aromatic heterocycles. The molecule has 1 unspecified atom stereocenters. The quantitative estimate of drug-likeness (QED) is 0.828. The van der Waals surface area contributed by atoms with E-state index in [9.17, 15) is 0 Å². The van der Waals surface area contributed by atoms with Crippen molar-refractivity contribution in [2.24, 2.45) is 0 Å². The third-order valence-electron chi connectivity index (χ3n) is 3.05. The number of rotatable bonds is 2. The van der Waals surface area contributed by atoms with Crippen molar-refractivity contribution < 1.29 is 4.74 Å². The first-order chi connectivity index (χ1) is 8.24. The SMILES string of the molecule is Cc1n[nH]c(=S)n1CC1Cc2ccccc2O1. The molecule has 1 N–H and O–H groups in total. The second-order valence-corrected chi connectivity index (χ2v) is 4.62. The van der Waals surface area contributed by atoms with E-state index in [-0.39, 0.29) is 6.10 Å². The second kappa shape index (κ2) is 4.00. The van der Waals surface area contributed by atoms with Crippen LogP contribution in [-0.2, 0) is 13.0 Å². The van der Waals surface area contributed by atoms with Crippen LogP contribution in [0.1, 0.15) is 11.4 Å². The van der Waals surface area contributed by atoms with Gasteiger partial charge in [-0.3, -0.25) is 5.10 Å². The summed E-state index contributed by atoms with van der Waals surface area (Å²) in [5.74, 6) is 1.89. The van der Waals surface area contributed by atoms with Crippen LogP contribution in [0.5, 0.6) is 5.75 Å². The van der Waals surface area contributed by atoms with Crippen LogP contribution in [0.3, 0.4) is 0 Å². The molecule has 0 bridgehead atoms. The molecule has 3 rings (SSSR count). The summed E-state index contributed by atoms with van der Waals surface area (Å²) in [4.78, 5) is 0. The van der Waals surface area contributed by atoms with Crippen molar-refractivity contribution >= 4 is 12.2 Å². The van der Waals surface area contributed by atoms with Crippen molar-refractivity contribution in [3.8, 4) is 5.75 Å². The van der Waals surface area contributed by atoms with E-state index in [1.807, 2.05) is 29.7 Å². The van der Waals surface area contributed by atoms with E-state index in [1.54, 1.807) is 0 Å². The van der Waals surface area contributed by atoms with E-state index in [2.05, 4.69) is 16.3 Å². The fourth-order valence-corrected chi connectivity index (χ4v) is 2.42. The number of fused-ring (bicyclic) bond motifs is 1. The molecule has 0 amide bonds. The highest BCUT2D eigenvalue weighted by atomic mass is 32.1. The molecule has 1 aliphatic rings. The number of para-hydroxylation sites is 1. The Morgan fingerprint density at radius 1 is 1.53 bits per heavy atom. The first-order valence-corrected chi connectivity index (χ1v) is 6.01. The number of nitrogens with zero attached hydrogens (tertiary/aromatic N) is 2. The van der Waals surface area contributed by atoms with Gasteiger partial charge in [-0.05, 0) is 30.8 Å². The monoisotopic (exact) mass is 247 g/mol. The normalized spacial score (nSPS) is 17.8. The van der Waals surface area contributed by atoms with Crippen molar-refractivity contribution in [3.63, 3.8) is 0 Å². The Kier molecular flexibility index (Phi) is 2.48. The second-order valence-electron chi connectivity index (χ2n) is 4.24. The Labute approximate surface area is 104 Å². The molecular weight excluding hydrogens is 234 g/mol. The van der Waals surface area contributed by atoms with Crippen LogP contribution < -0.4 is 4.74 Å². The zero-order chi connectivity index (χ0) is 11.8. The molecule has 1 atom stereocenters. The lowest BCUT2D eigenvalue weighted by atomic mass is 10.1. The minimum atomic E-state index is 0.149. The predicted molar refractivity (Wildman–Crippen MR) is 66.7 cm³/mol. The maximum Gasteiger partial charge on any atom is 0.195 e. The number of nitrogens with one attached hydrogen (secondary N) is 1. The number of hydrogen-bond acceptors (Lipinski definition) is 3. The lowest BCUT2D eigenvalue weighted by Gasteiger charge is -2.11. The Morgan fingerprint density at radius 3 is 3.06 bits per heavy atom. The van der Waals surface area contributed by atoms with E-state index < -0.39 is 0 Å². The maximum absolute atomic E-state index is 5.88. The van der Waals surface area contributed by atoms with Gasteiger partial charge in [0.15, 0.2) is 4.77 Å². The van der Waals surface area contributed by atoms with Crippen molar-refractivity contribution in [3.05, 3.63) is 40.4 Å². The van der Waals surface area contributed by atoms with Crippen molar-refractivity contribution in [1.29, 1.82) is 0 Å². The largest absolute Gasteiger partial charge is 0.488 e. The highest BCUT2D eigenvalue weighted by Crippen LogP contribution is 2.28. The Morgan fingerprint density at radius 2 is 2.35 bits per heavy atom. The van der Waals surface area contributed by atoms with Gasteiger partial charge in [0.25, 0.3) is 0 Å². The summed E-state index contributed by atoms with van der Waals surface area (Å²) in [6.07, 6.45) is 1.08. The summed E-state index contributed by atoms with van der Waals surface area (Å²) in [6, 6.07) is 8.16. The zero-order valence-corrected chi connectivity index (χ0v) is 10.3. The average Bonchev–Trinajstić information content (AvgIpc) is 2.87. The molecule has 1 aromatic carbocycles. The van der Waals surface area contributed by atoms with Crippen molar-refractivity contribution in [1.82, 2.24) is 14.8 Å². The van der Waals surface area contributed by atoms with Gasteiger partial charge in [-0.1, -0.05) is 18.2 Å². The molecule has 4 nitrogen and oxygen atoms in total. The molecule has 5 heteroatoms. The fourth-order valence-electron chi connectivity index (χ4n) is 2.17. The van der Waals surface area contributed by atoms with Gasteiger partial charge in [-0.2, -0.15) is 5.10 Å². The van der Waals surface area contributed by atoms with Gasteiger partial charge in [0.1, 0.15) is 17.7 Å². The number of H-pyrrole nitrogens is 1. The average molecular weight is 247 g/mol. The van der Waals surface area contributed by atoms with Crippen LogP contribution >= 0.6 is 12.2 Å². The van der Waals surface area contributed by atoms with Gasteiger partial charge in [-0.25, -0.2) is 0 Å². The summed E-state index contributed by atoms with van der Waals surface area (Å²) >= 11 is 5.18. The fraction of sp³-hybridized carbons (Fsp3) is 0.333. The molecule has 17 heavy (non-hydrogen) atoms. The summed E-state index contributed by atoms with van der Waals surface area (Å²) in [7, 11) is 0. The van der Waals surface area contributed by atoms with Crippen LogP contribution in [0.15, 0.2) is 24.3 Å². The van der Waals surface area contributed by atoms with Crippen LogP contribution in [0.4, 0.5) is 0 Å². The molecule has 0 aliphatic carbocycles. The van der Waals surface area contributed by atoms with Crippen molar-refractivity contribution in [2.45, 2.75) is 26.0 Å². The number of aryl methyl sites for hydroxylation is 1. The van der Waals surface area contributed by atoms with E-state index in [0.29, 0.717) is 4.77 Å². The van der Waals surface area contributed by atoms with Gasteiger partial charge in [0, 0.05) is 6.42 Å². The Balaban J connectivity index is 1.80. The van der Waals surface area contributed by atoms with E-state index >= 15 is 0 Å². The number of aromatic amines is 1. The van der Waals surface area contributed by atoms with Gasteiger partial charge < -0.3 is 9.30 Å². The molecule has 0 fully saturated rings. The smallest absolute Gasteiger partial charge is 0.195 e. The maximum atomic E-state index is 5.88. The van der Waals surface area contributed by atoms with Gasteiger partial charge in [0.05, 0.1) is 6.54 Å². The highest BCUT2D eigenvalue weighted by molar-refractivity contribution is 7.71. The minimum absolute atomic E-state index is 0.149. The first-order valence-electron chi connectivity index (χ1n) is 5.60. The third kappa shape index (κ3) is 1.86. The van der Waals surface area contributed by atoms with Gasteiger partial charge >= 0.3 is 0 Å². The van der Waals surface area contributed by atoms with Gasteiger partial charge in [0.2, 0.25) is 0 Å². The van der Waals surface area contributed by atoms with Crippen LogP contribution in [0.2, 0.25) is 0 Å². The van der Waals surface area contributed by atoms with Crippen LogP contribution in [-0.4, -0.2) is 20.9 Å². The zero-order valence-electron chi connectivity index (χ0n) is 9.51. The van der Waals surface area contributed by atoms with Gasteiger partial charge in [-0.15, -0.1) is 0 Å². The lowest BCUT2D eigenvalue weighted by molar-refractivity contribution is 0.207. The van der Waals surface area contributed by atoms with Crippen LogP contribution in [0, 0.1) is 11.7 Å². The van der Waals surface area contributed by atoms with E-state index in [1.165, 1.54) is 5.56 Å². The number of benzene rings is 1. The molecule has 88 valence electrons.